The molecule has 0 saturated heterocycles. The molecule has 2 aromatic carbocycles. The van der Waals surface area contributed by atoms with Gasteiger partial charge in [-0.15, -0.1) is 10.2 Å². The van der Waals surface area contributed by atoms with Crippen molar-refractivity contribution in [3.63, 3.8) is 0 Å². The first-order chi connectivity index (χ1) is 12.2. The Bertz CT molecular complexity index is 836. The molecule has 0 aliphatic heterocycles. The van der Waals surface area contributed by atoms with Crippen molar-refractivity contribution in [2.75, 3.05) is 17.7 Å². The lowest BCUT2D eigenvalue weighted by molar-refractivity contribution is 0.262. The van der Waals surface area contributed by atoms with Gasteiger partial charge in [0, 0.05) is 18.2 Å². The van der Waals surface area contributed by atoms with E-state index in [0.717, 1.165) is 17.8 Å². The summed E-state index contributed by atoms with van der Waals surface area (Å²) in [5.74, 6) is 0.678. The van der Waals surface area contributed by atoms with E-state index in [1.807, 2.05) is 24.3 Å². The van der Waals surface area contributed by atoms with E-state index in [1.54, 1.807) is 25.3 Å². The molecular weight excluding hydrogens is 336 g/mol. The molecule has 1 aromatic heterocycles. The maximum atomic E-state index is 12.0. The van der Waals surface area contributed by atoms with E-state index >= 15 is 0 Å². The Morgan fingerprint density at radius 1 is 1.04 bits per heavy atom. The lowest BCUT2D eigenvalue weighted by Gasteiger charge is -2.06. The highest BCUT2D eigenvalue weighted by Crippen LogP contribution is 2.19. The number of ether oxygens (including phenoxy) is 1. The standard InChI is InChI=1S/C18H18N4O2S/c1-24-15-9-5-8-14(12-15)19-17(23)20-18-22-21-16(25-18)11-10-13-6-3-2-4-7-13/h2-9,12H,10-11H2,1H3,(H2,19,20,22,23). The fraction of sp³-hybridized carbons (Fsp3) is 0.167. The van der Waals surface area contributed by atoms with Gasteiger partial charge < -0.3 is 10.1 Å². The summed E-state index contributed by atoms with van der Waals surface area (Å²) < 4.78 is 5.13. The quantitative estimate of drug-likeness (QED) is 0.702. The molecule has 2 N–H and O–H groups in total. The molecule has 0 unspecified atom stereocenters. The minimum atomic E-state index is -0.362. The molecule has 3 rings (SSSR count). The minimum absolute atomic E-state index is 0.362. The third kappa shape index (κ3) is 5.02. The van der Waals surface area contributed by atoms with Crippen LogP contribution in [0.2, 0.25) is 0 Å². The van der Waals surface area contributed by atoms with E-state index in [4.69, 9.17) is 4.74 Å². The Morgan fingerprint density at radius 2 is 1.88 bits per heavy atom. The van der Waals surface area contributed by atoms with Crippen LogP contribution in [0.25, 0.3) is 0 Å². The Morgan fingerprint density at radius 3 is 2.68 bits per heavy atom. The first-order valence-electron chi connectivity index (χ1n) is 7.81. The number of aryl methyl sites for hydroxylation is 2. The van der Waals surface area contributed by atoms with Crippen molar-refractivity contribution >= 4 is 28.2 Å². The van der Waals surface area contributed by atoms with Crippen molar-refractivity contribution in [1.82, 2.24) is 10.2 Å². The van der Waals surface area contributed by atoms with Crippen LogP contribution < -0.4 is 15.4 Å². The topological polar surface area (TPSA) is 76.1 Å². The molecule has 6 nitrogen and oxygen atoms in total. The molecule has 0 aliphatic carbocycles. The van der Waals surface area contributed by atoms with E-state index in [9.17, 15) is 4.79 Å². The van der Waals surface area contributed by atoms with Crippen LogP contribution in [0.4, 0.5) is 15.6 Å². The molecule has 128 valence electrons. The second-order valence-corrected chi connectivity index (χ2v) is 6.36. The van der Waals surface area contributed by atoms with Gasteiger partial charge in [0.05, 0.1) is 7.11 Å². The number of aromatic nitrogens is 2. The van der Waals surface area contributed by atoms with Gasteiger partial charge in [0.15, 0.2) is 0 Å². The highest BCUT2D eigenvalue weighted by molar-refractivity contribution is 7.15. The number of methoxy groups -OCH3 is 1. The number of amides is 2. The Hall–Kier alpha value is -2.93. The largest absolute Gasteiger partial charge is 0.497 e. The molecule has 0 saturated carbocycles. The number of rotatable bonds is 6. The SMILES string of the molecule is COc1cccc(NC(=O)Nc2nnc(CCc3ccccc3)s2)c1. The van der Waals surface area contributed by atoms with Crippen molar-refractivity contribution < 1.29 is 9.53 Å². The maximum absolute atomic E-state index is 12.0. The summed E-state index contributed by atoms with van der Waals surface area (Å²) >= 11 is 1.38. The van der Waals surface area contributed by atoms with E-state index < -0.39 is 0 Å². The minimum Gasteiger partial charge on any atom is -0.497 e. The second-order valence-electron chi connectivity index (χ2n) is 5.30. The molecule has 0 aliphatic rings. The smallest absolute Gasteiger partial charge is 0.325 e. The van der Waals surface area contributed by atoms with Gasteiger partial charge in [0.2, 0.25) is 5.13 Å². The summed E-state index contributed by atoms with van der Waals surface area (Å²) in [7, 11) is 1.58. The molecule has 0 fully saturated rings. The van der Waals surface area contributed by atoms with E-state index in [1.165, 1.54) is 16.9 Å². The number of anilines is 2. The summed E-state index contributed by atoms with van der Waals surface area (Å²) in [5.41, 5.74) is 1.90. The summed E-state index contributed by atoms with van der Waals surface area (Å²) in [4.78, 5) is 12.0. The fourth-order valence-electron chi connectivity index (χ4n) is 2.26. The number of carbonyl (C=O) groups is 1. The number of hydrogen-bond acceptors (Lipinski definition) is 5. The van der Waals surface area contributed by atoms with Crippen LogP contribution in [0.15, 0.2) is 54.6 Å². The highest BCUT2D eigenvalue weighted by Gasteiger charge is 2.09. The van der Waals surface area contributed by atoms with Crippen molar-refractivity contribution in [1.29, 1.82) is 0 Å². The summed E-state index contributed by atoms with van der Waals surface area (Å²) in [6.07, 6.45) is 1.69. The predicted molar refractivity (Wildman–Crippen MR) is 99.4 cm³/mol. The van der Waals surface area contributed by atoms with Crippen LogP contribution in [0.1, 0.15) is 10.6 Å². The zero-order chi connectivity index (χ0) is 17.5. The van der Waals surface area contributed by atoms with Gasteiger partial charge in [-0.25, -0.2) is 4.79 Å². The van der Waals surface area contributed by atoms with Gasteiger partial charge in [-0.3, -0.25) is 5.32 Å². The molecular formula is C18H18N4O2S. The molecule has 3 aromatic rings. The van der Waals surface area contributed by atoms with Crippen LogP contribution in [-0.2, 0) is 12.8 Å². The molecule has 0 atom stereocenters. The molecule has 0 bridgehead atoms. The summed E-state index contributed by atoms with van der Waals surface area (Å²) in [6, 6.07) is 17.0. The van der Waals surface area contributed by atoms with Crippen LogP contribution >= 0.6 is 11.3 Å². The average molecular weight is 354 g/mol. The molecule has 0 spiro atoms. The zero-order valence-corrected chi connectivity index (χ0v) is 14.5. The van der Waals surface area contributed by atoms with Gasteiger partial charge in [-0.1, -0.05) is 47.7 Å². The fourth-order valence-corrected chi connectivity index (χ4v) is 3.00. The van der Waals surface area contributed by atoms with E-state index in [0.29, 0.717) is 16.6 Å². The Kier molecular flexibility index (Phi) is 5.58. The number of benzene rings is 2. The maximum Gasteiger partial charge on any atom is 0.325 e. The van der Waals surface area contributed by atoms with Gasteiger partial charge in [-0.05, 0) is 24.1 Å². The van der Waals surface area contributed by atoms with Gasteiger partial charge in [-0.2, -0.15) is 0 Å². The number of urea groups is 1. The molecule has 25 heavy (non-hydrogen) atoms. The molecule has 0 radical (unpaired) electrons. The van der Waals surface area contributed by atoms with E-state index in [2.05, 4.69) is 33.0 Å². The van der Waals surface area contributed by atoms with Gasteiger partial charge in [0.1, 0.15) is 10.8 Å². The Balaban J connectivity index is 1.52. The lowest BCUT2D eigenvalue weighted by Crippen LogP contribution is -2.19. The van der Waals surface area contributed by atoms with Crippen LogP contribution in [0.3, 0.4) is 0 Å². The summed E-state index contributed by atoms with van der Waals surface area (Å²) in [6.45, 7) is 0. The lowest BCUT2D eigenvalue weighted by atomic mass is 10.1. The third-order valence-corrected chi connectivity index (χ3v) is 4.38. The molecule has 7 heteroatoms. The van der Waals surface area contributed by atoms with Crippen molar-refractivity contribution in [2.45, 2.75) is 12.8 Å². The molecule has 2 amide bonds. The normalized spacial score (nSPS) is 10.3. The van der Waals surface area contributed by atoms with Gasteiger partial charge in [0.25, 0.3) is 0 Å². The van der Waals surface area contributed by atoms with Crippen LogP contribution in [0.5, 0.6) is 5.75 Å². The number of nitrogens with one attached hydrogen (secondary N) is 2. The predicted octanol–water partition coefficient (Wildman–Crippen LogP) is 3.98. The van der Waals surface area contributed by atoms with Crippen molar-refractivity contribution in [3.05, 3.63) is 65.2 Å². The average Bonchev–Trinajstić information content (AvgIpc) is 3.08. The third-order valence-electron chi connectivity index (χ3n) is 3.49. The first kappa shape index (κ1) is 16.9. The second kappa shape index (κ2) is 8.25. The molecule has 1 heterocycles. The number of carbonyl (C=O) groups excluding carboxylic acids is 1. The Labute approximate surface area is 149 Å². The van der Waals surface area contributed by atoms with Crippen molar-refractivity contribution in [3.8, 4) is 5.75 Å². The van der Waals surface area contributed by atoms with Crippen LogP contribution in [-0.4, -0.2) is 23.3 Å². The number of hydrogen-bond donors (Lipinski definition) is 2. The van der Waals surface area contributed by atoms with E-state index in [-0.39, 0.29) is 6.03 Å². The van der Waals surface area contributed by atoms with Crippen LogP contribution in [0, 0.1) is 0 Å². The highest BCUT2D eigenvalue weighted by atomic mass is 32.1. The first-order valence-corrected chi connectivity index (χ1v) is 8.63. The summed E-state index contributed by atoms with van der Waals surface area (Å²) in [5, 5.41) is 14.9. The monoisotopic (exact) mass is 354 g/mol. The number of nitrogens with zero attached hydrogens (tertiary/aromatic N) is 2. The zero-order valence-electron chi connectivity index (χ0n) is 13.7. The van der Waals surface area contributed by atoms with Gasteiger partial charge >= 0.3 is 6.03 Å². The van der Waals surface area contributed by atoms with Crippen molar-refractivity contribution in [2.24, 2.45) is 0 Å².